The Bertz CT molecular complexity index is 406. The molecule has 68 valence electrons. The van der Waals surface area contributed by atoms with Crippen molar-refractivity contribution < 1.29 is 0 Å². The van der Waals surface area contributed by atoms with Gasteiger partial charge in [0.15, 0.2) is 5.95 Å². The summed E-state index contributed by atoms with van der Waals surface area (Å²) in [4.78, 5) is 6.83. The first-order valence-electron chi connectivity index (χ1n) is 3.98. The number of nitrogens with zero attached hydrogens (tertiary/aromatic N) is 3. The lowest BCUT2D eigenvalue weighted by Crippen LogP contribution is -1.92. The van der Waals surface area contributed by atoms with Gasteiger partial charge in [-0.15, -0.1) is 0 Å². The van der Waals surface area contributed by atoms with Crippen molar-refractivity contribution >= 4 is 5.95 Å². The molecule has 0 saturated heterocycles. The first-order valence-corrected chi connectivity index (χ1v) is 3.98. The Morgan fingerprint density at radius 3 is 2.77 bits per heavy atom. The van der Waals surface area contributed by atoms with Crippen LogP contribution in [-0.4, -0.2) is 19.7 Å². The number of nitrogens with two attached hydrogens (primary N) is 1. The van der Waals surface area contributed by atoms with Crippen LogP contribution in [-0.2, 0) is 7.05 Å². The minimum absolute atomic E-state index is 0.415. The molecule has 0 unspecified atom stereocenters. The van der Waals surface area contributed by atoms with Gasteiger partial charge in [0.25, 0.3) is 0 Å². The molecule has 2 aromatic rings. The van der Waals surface area contributed by atoms with Crippen molar-refractivity contribution in [1.82, 2.24) is 19.7 Å². The van der Waals surface area contributed by atoms with Gasteiger partial charge in [-0.1, -0.05) is 0 Å². The highest BCUT2D eigenvalue weighted by molar-refractivity contribution is 5.55. The lowest BCUT2D eigenvalue weighted by atomic mass is 10.3. The molecule has 0 atom stereocenters. The van der Waals surface area contributed by atoms with Gasteiger partial charge in [-0.25, -0.2) is 4.98 Å². The van der Waals surface area contributed by atoms with E-state index in [0.29, 0.717) is 5.95 Å². The van der Waals surface area contributed by atoms with Crippen molar-refractivity contribution in [1.29, 1.82) is 0 Å². The molecular formula is C8H11N5. The van der Waals surface area contributed by atoms with E-state index in [2.05, 4.69) is 15.1 Å². The fourth-order valence-electron chi connectivity index (χ4n) is 1.16. The molecule has 0 aliphatic carbocycles. The first-order chi connectivity index (χ1) is 6.16. The number of nitrogens with one attached hydrogen (secondary N) is 1. The molecule has 0 radical (unpaired) electrons. The molecule has 5 heteroatoms. The van der Waals surface area contributed by atoms with E-state index in [-0.39, 0.29) is 0 Å². The Kier molecular flexibility index (Phi) is 1.58. The highest BCUT2D eigenvalue weighted by atomic mass is 15.3. The molecule has 0 spiro atoms. The predicted molar refractivity (Wildman–Crippen MR) is 49.9 cm³/mol. The fourth-order valence-corrected chi connectivity index (χ4v) is 1.16. The summed E-state index contributed by atoms with van der Waals surface area (Å²) in [5, 5.41) is 4.28. The molecule has 2 aromatic heterocycles. The number of aryl methyl sites for hydroxylation is 2. The van der Waals surface area contributed by atoms with Crippen LogP contribution >= 0.6 is 0 Å². The highest BCUT2D eigenvalue weighted by Crippen LogP contribution is 2.16. The van der Waals surface area contributed by atoms with E-state index >= 15 is 0 Å². The molecule has 2 heterocycles. The molecule has 0 aliphatic heterocycles. The van der Waals surface area contributed by atoms with Gasteiger partial charge in [-0.2, -0.15) is 5.10 Å². The second-order valence-electron chi connectivity index (χ2n) is 2.98. The third-order valence-electron chi connectivity index (χ3n) is 1.99. The van der Waals surface area contributed by atoms with Crippen molar-refractivity contribution in [2.45, 2.75) is 6.92 Å². The van der Waals surface area contributed by atoms with Gasteiger partial charge in [-0.05, 0) is 13.0 Å². The van der Waals surface area contributed by atoms with Gasteiger partial charge in [0.2, 0.25) is 0 Å². The third-order valence-corrected chi connectivity index (χ3v) is 1.99. The van der Waals surface area contributed by atoms with Crippen molar-refractivity contribution in [3.05, 3.63) is 18.0 Å². The van der Waals surface area contributed by atoms with Crippen LogP contribution in [0.2, 0.25) is 0 Å². The fraction of sp³-hybridized carbons (Fsp3) is 0.250. The van der Waals surface area contributed by atoms with Crippen LogP contribution in [0.3, 0.4) is 0 Å². The van der Waals surface area contributed by atoms with Gasteiger partial charge in [0.05, 0.1) is 11.9 Å². The smallest absolute Gasteiger partial charge is 0.197 e. The number of rotatable bonds is 1. The van der Waals surface area contributed by atoms with Crippen LogP contribution in [0.1, 0.15) is 5.69 Å². The van der Waals surface area contributed by atoms with Crippen LogP contribution < -0.4 is 5.73 Å². The van der Waals surface area contributed by atoms with E-state index in [1.165, 1.54) is 0 Å². The van der Waals surface area contributed by atoms with Gasteiger partial charge in [-0.3, -0.25) is 4.68 Å². The van der Waals surface area contributed by atoms with E-state index in [1.807, 2.05) is 24.7 Å². The molecule has 3 N–H and O–H groups in total. The predicted octanol–water partition coefficient (Wildman–Crippen LogP) is 0.701. The second-order valence-corrected chi connectivity index (χ2v) is 2.98. The average Bonchev–Trinajstić information content (AvgIpc) is 2.61. The summed E-state index contributed by atoms with van der Waals surface area (Å²) < 4.78 is 1.81. The second kappa shape index (κ2) is 2.62. The normalized spacial score (nSPS) is 10.6. The van der Waals surface area contributed by atoms with Crippen molar-refractivity contribution in [3.8, 4) is 11.4 Å². The molecule has 0 aliphatic rings. The number of H-pyrrole nitrogens is 1. The van der Waals surface area contributed by atoms with Gasteiger partial charge in [0, 0.05) is 12.7 Å². The molecule has 2 rings (SSSR count). The van der Waals surface area contributed by atoms with Crippen molar-refractivity contribution in [2.24, 2.45) is 7.05 Å². The maximum absolute atomic E-state index is 5.46. The highest BCUT2D eigenvalue weighted by Gasteiger charge is 2.05. The zero-order valence-electron chi connectivity index (χ0n) is 7.57. The number of hydrogen-bond donors (Lipinski definition) is 2. The molecule has 0 fully saturated rings. The minimum atomic E-state index is 0.415. The third kappa shape index (κ3) is 1.28. The van der Waals surface area contributed by atoms with Gasteiger partial charge >= 0.3 is 0 Å². The first kappa shape index (κ1) is 7.85. The summed E-state index contributed by atoms with van der Waals surface area (Å²) in [6, 6.07) is 1.98. The lowest BCUT2D eigenvalue weighted by Gasteiger charge is -1.89. The van der Waals surface area contributed by atoms with Gasteiger partial charge < -0.3 is 10.7 Å². The number of aromatic amines is 1. The van der Waals surface area contributed by atoms with Crippen molar-refractivity contribution in [2.75, 3.05) is 5.73 Å². The number of anilines is 1. The summed E-state index contributed by atoms with van der Waals surface area (Å²) in [7, 11) is 1.90. The van der Waals surface area contributed by atoms with E-state index < -0.39 is 0 Å². The Balaban J connectivity index is 2.46. The maximum atomic E-state index is 5.46. The Morgan fingerprint density at radius 2 is 2.31 bits per heavy atom. The summed E-state index contributed by atoms with van der Waals surface area (Å²) >= 11 is 0. The molecular weight excluding hydrogens is 166 g/mol. The Morgan fingerprint density at radius 1 is 1.54 bits per heavy atom. The maximum Gasteiger partial charge on any atom is 0.197 e. The van der Waals surface area contributed by atoms with Crippen LogP contribution in [0.25, 0.3) is 11.4 Å². The summed E-state index contributed by atoms with van der Waals surface area (Å²) in [6.45, 7) is 2.00. The van der Waals surface area contributed by atoms with Crippen molar-refractivity contribution in [3.63, 3.8) is 0 Å². The van der Waals surface area contributed by atoms with Crippen LogP contribution in [0.5, 0.6) is 0 Å². The average molecular weight is 177 g/mol. The number of nitrogen functional groups attached to an aromatic ring is 1. The molecule has 13 heavy (non-hydrogen) atoms. The monoisotopic (exact) mass is 177 g/mol. The van der Waals surface area contributed by atoms with Crippen LogP contribution in [0.4, 0.5) is 5.95 Å². The summed E-state index contributed by atoms with van der Waals surface area (Å²) in [6.07, 6.45) is 1.68. The standard InChI is InChI=1S/C8H11N5/c1-5-3-6(12-13(5)2)7-4-10-8(9)11-7/h3-4H,1-2H3,(H3,9,10,11). The van der Waals surface area contributed by atoms with Crippen LogP contribution in [0, 0.1) is 6.92 Å². The molecule has 0 aromatic carbocycles. The summed E-state index contributed by atoms with van der Waals surface area (Å²) in [5.41, 5.74) is 8.27. The Labute approximate surface area is 75.6 Å². The number of aromatic nitrogens is 4. The van der Waals surface area contributed by atoms with Gasteiger partial charge in [0.1, 0.15) is 5.69 Å². The molecule has 0 amide bonds. The molecule has 5 nitrogen and oxygen atoms in total. The zero-order chi connectivity index (χ0) is 9.42. The van der Waals surface area contributed by atoms with E-state index in [1.54, 1.807) is 6.20 Å². The van der Waals surface area contributed by atoms with Crippen LogP contribution in [0.15, 0.2) is 12.3 Å². The molecule has 0 saturated carbocycles. The largest absolute Gasteiger partial charge is 0.369 e. The topological polar surface area (TPSA) is 72.5 Å². The summed E-state index contributed by atoms with van der Waals surface area (Å²) in [5.74, 6) is 0.415. The lowest BCUT2D eigenvalue weighted by molar-refractivity contribution is 0.742. The van der Waals surface area contributed by atoms with E-state index in [0.717, 1.165) is 17.1 Å². The molecule has 0 bridgehead atoms. The SMILES string of the molecule is Cc1cc(-c2cnc(N)[nH]2)nn1C. The Hall–Kier alpha value is -1.78. The van der Waals surface area contributed by atoms with E-state index in [9.17, 15) is 0 Å². The quantitative estimate of drug-likeness (QED) is 0.673. The number of hydrogen-bond acceptors (Lipinski definition) is 3. The minimum Gasteiger partial charge on any atom is -0.369 e. The number of imidazole rings is 1. The zero-order valence-corrected chi connectivity index (χ0v) is 7.57. The van der Waals surface area contributed by atoms with E-state index in [4.69, 9.17) is 5.73 Å².